The number of aromatic nitrogens is 2. The number of methoxy groups -OCH3 is 1. The van der Waals surface area contributed by atoms with E-state index in [-0.39, 0.29) is 17.2 Å². The minimum Gasteiger partial charge on any atom is -0.494 e. The summed E-state index contributed by atoms with van der Waals surface area (Å²) in [5.41, 5.74) is 7.85. The molecule has 0 aliphatic heterocycles. The molecule has 182 valence electrons. The Balaban J connectivity index is 1.81. The Bertz CT molecular complexity index is 1310. The molecule has 1 aromatic heterocycles. The number of benzene rings is 2. The largest absolute Gasteiger partial charge is 0.494 e. The van der Waals surface area contributed by atoms with Gasteiger partial charge >= 0.3 is 6.18 Å². The molecule has 0 aliphatic rings. The van der Waals surface area contributed by atoms with Crippen molar-refractivity contribution in [2.45, 2.75) is 20.0 Å². The van der Waals surface area contributed by atoms with Crippen molar-refractivity contribution in [3.8, 4) is 11.4 Å². The first-order valence-corrected chi connectivity index (χ1v) is 10.4. The van der Waals surface area contributed by atoms with Gasteiger partial charge in [-0.1, -0.05) is 18.7 Å². The fourth-order valence-electron chi connectivity index (χ4n) is 3.16. The predicted molar refractivity (Wildman–Crippen MR) is 129 cm³/mol. The van der Waals surface area contributed by atoms with Crippen molar-refractivity contribution < 1.29 is 22.7 Å². The van der Waals surface area contributed by atoms with Gasteiger partial charge in [0.15, 0.2) is 5.78 Å². The number of ketones is 1. The normalized spacial score (nSPS) is 12.4. The highest BCUT2D eigenvalue weighted by molar-refractivity contribution is 6.44. The van der Waals surface area contributed by atoms with Gasteiger partial charge in [-0.2, -0.15) is 13.2 Å². The molecule has 0 bridgehead atoms. The quantitative estimate of drug-likeness (QED) is 0.434. The minimum atomic E-state index is -4.45. The van der Waals surface area contributed by atoms with Crippen LogP contribution in [0.3, 0.4) is 0 Å². The fraction of sp³-hybridized carbons (Fsp3) is 0.160. The van der Waals surface area contributed by atoms with Gasteiger partial charge in [0.2, 0.25) is 0 Å². The first kappa shape index (κ1) is 25.3. The maximum absolute atomic E-state index is 12.8. The SMILES string of the molecule is C=C(/N=C(\C=C(/N)c1ccc(C(F)(F)F)cc1)C(C)=O)Nc1ccc(-n2cnc(C)c2)c(OC)c1. The molecule has 1 heterocycles. The number of hydrogen-bond donors (Lipinski definition) is 2. The highest BCUT2D eigenvalue weighted by atomic mass is 19.4. The molecule has 2 aromatic carbocycles. The number of nitrogens with zero attached hydrogens (tertiary/aromatic N) is 3. The summed E-state index contributed by atoms with van der Waals surface area (Å²) >= 11 is 0. The monoisotopic (exact) mass is 483 g/mol. The van der Waals surface area contributed by atoms with E-state index in [2.05, 4.69) is 21.9 Å². The molecule has 0 amide bonds. The Hall–Kier alpha value is -4.34. The molecule has 0 radical (unpaired) electrons. The van der Waals surface area contributed by atoms with Gasteiger partial charge in [0.25, 0.3) is 0 Å². The van der Waals surface area contributed by atoms with Crippen LogP contribution in [0, 0.1) is 6.92 Å². The molecule has 3 aromatic rings. The van der Waals surface area contributed by atoms with Gasteiger partial charge in [-0.25, -0.2) is 9.98 Å². The first-order valence-electron chi connectivity index (χ1n) is 10.4. The third-order valence-electron chi connectivity index (χ3n) is 4.91. The Morgan fingerprint density at radius 2 is 1.91 bits per heavy atom. The van der Waals surface area contributed by atoms with Crippen LogP contribution in [0.4, 0.5) is 18.9 Å². The zero-order valence-corrected chi connectivity index (χ0v) is 19.3. The number of hydrogen-bond acceptors (Lipinski definition) is 6. The third kappa shape index (κ3) is 6.38. The Labute approximate surface area is 200 Å². The maximum atomic E-state index is 12.8. The van der Waals surface area contributed by atoms with Crippen molar-refractivity contribution in [3.05, 3.63) is 90.3 Å². The second-order valence-electron chi connectivity index (χ2n) is 7.61. The summed E-state index contributed by atoms with van der Waals surface area (Å²) in [5, 5.41) is 2.99. The smallest absolute Gasteiger partial charge is 0.416 e. The second kappa shape index (κ2) is 10.3. The van der Waals surface area contributed by atoms with Crippen molar-refractivity contribution in [1.82, 2.24) is 9.55 Å². The number of anilines is 1. The molecule has 35 heavy (non-hydrogen) atoms. The number of Topliss-reactive ketones (excluding diaryl/α,β-unsaturated/α-hetero) is 1. The number of ether oxygens (including phenoxy) is 1. The molecule has 0 spiro atoms. The van der Waals surface area contributed by atoms with E-state index in [1.807, 2.05) is 23.8 Å². The van der Waals surface area contributed by atoms with Crippen LogP contribution < -0.4 is 15.8 Å². The molecular formula is C25H24F3N5O2. The standard InChI is InChI=1S/C25H24F3N5O2/c1-15-13-33(14-30-15)23-10-9-20(11-24(23)35-4)31-17(3)32-22(16(2)34)12-21(29)18-5-7-19(8-6-18)25(26,27)28/h5-14,31H,3,29H2,1-2,4H3/b21-12-,32-22+. The number of alkyl halides is 3. The number of aliphatic imine (C=N–C) groups is 1. The van der Waals surface area contributed by atoms with Gasteiger partial charge in [-0.05, 0) is 42.8 Å². The van der Waals surface area contributed by atoms with Crippen LogP contribution in [0.5, 0.6) is 5.75 Å². The third-order valence-corrected chi connectivity index (χ3v) is 4.91. The van der Waals surface area contributed by atoms with E-state index in [4.69, 9.17) is 10.5 Å². The van der Waals surface area contributed by atoms with E-state index >= 15 is 0 Å². The summed E-state index contributed by atoms with van der Waals surface area (Å²) in [6.45, 7) is 7.01. The van der Waals surface area contributed by atoms with E-state index in [1.165, 1.54) is 25.1 Å². The molecule has 3 rings (SSSR count). The minimum absolute atomic E-state index is 0.0163. The zero-order chi connectivity index (χ0) is 25.8. The summed E-state index contributed by atoms with van der Waals surface area (Å²) in [7, 11) is 1.54. The number of rotatable bonds is 8. The average Bonchev–Trinajstić information content (AvgIpc) is 3.23. The van der Waals surface area contributed by atoms with Gasteiger partial charge in [0.05, 0.1) is 30.4 Å². The second-order valence-corrected chi connectivity index (χ2v) is 7.61. The molecule has 10 heteroatoms. The van der Waals surface area contributed by atoms with E-state index in [9.17, 15) is 18.0 Å². The Kier molecular flexibility index (Phi) is 7.43. The molecule has 0 atom stereocenters. The summed E-state index contributed by atoms with van der Waals surface area (Å²) in [4.78, 5) is 20.5. The van der Waals surface area contributed by atoms with E-state index < -0.39 is 17.5 Å². The average molecular weight is 483 g/mol. The van der Waals surface area contributed by atoms with Gasteiger partial charge in [0.1, 0.15) is 17.3 Å². The molecular weight excluding hydrogens is 459 g/mol. The van der Waals surface area contributed by atoms with Gasteiger partial charge in [-0.15, -0.1) is 0 Å². The summed E-state index contributed by atoms with van der Waals surface area (Å²) in [6, 6.07) is 9.66. The topological polar surface area (TPSA) is 94.5 Å². The molecule has 7 nitrogen and oxygen atoms in total. The zero-order valence-electron chi connectivity index (χ0n) is 19.3. The van der Waals surface area contributed by atoms with Crippen molar-refractivity contribution in [1.29, 1.82) is 0 Å². The number of nitrogens with one attached hydrogen (secondary N) is 1. The number of nitrogens with two attached hydrogens (primary N) is 1. The summed E-state index contributed by atoms with van der Waals surface area (Å²) in [5.74, 6) is 0.327. The van der Waals surface area contributed by atoms with Crippen LogP contribution in [-0.2, 0) is 11.0 Å². The Morgan fingerprint density at radius 3 is 2.46 bits per heavy atom. The number of imidazole rings is 1. The first-order chi connectivity index (χ1) is 16.5. The molecule has 0 unspecified atom stereocenters. The van der Waals surface area contributed by atoms with Crippen LogP contribution in [0.2, 0.25) is 0 Å². The lowest BCUT2D eigenvalue weighted by molar-refractivity contribution is -0.137. The molecule has 0 saturated heterocycles. The van der Waals surface area contributed by atoms with Gasteiger partial charge < -0.3 is 20.4 Å². The molecule has 0 saturated carbocycles. The van der Waals surface area contributed by atoms with Gasteiger partial charge in [0, 0.05) is 30.6 Å². The van der Waals surface area contributed by atoms with E-state index in [0.29, 0.717) is 17.0 Å². The summed E-state index contributed by atoms with van der Waals surface area (Å²) in [6.07, 6.45) is 0.380. The molecule has 0 aliphatic carbocycles. The van der Waals surface area contributed by atoms with Crippen molar-refractivity contribution >= 4 is 22.9 Å². The predicted octanol–water partition coefficient (Wildman–Crippen LogP) is 5.12. The lowest BCUT2D eigenvalue weighted by Crippen LogP contribution is -2.12. The lowest BCUT2D eigenvalue weighted by atomic mass is 10.1. The fourth-order valence-corrected chi connectivity index (χ4v) is 3.16. The van der Waals surface area contributed by atoms with Crippen LogP contribution in [0.1, 0.15) is 23.7 Å². The molecule has 0 fully saturated rings. The maximum Gasteiger partial charge on any atom is 0.416 e. The number of carbonyl (C=O) groups excluding carboxylic acids is 1. The van der Waals surface area contributed by atoms with Crippen molar-refractivity contribution in [2.75, 3.05) is 12.4 Å². The number of carbonyl (C=O) groups is 1. The van der Waals surface area contributed by atoms with Crippen molar-refractivity contribution in [2.24, 2.45) is 10.7 Å². The van der Waals surface area contributed by atoms with Crippen LogP contribution >= 0.6 is 0 Å². The highest BCUT2D eigenvalue weighted by Crippen LogP contribution is 2.30. The van der Waals surface area contributed by atoms with Crippen LogP contribution in [-0.4, -0.2) is 28.2 Å². The van der Waals surface area contributed by atoms with Crippen molar-refractivity contribution in [3.63, 3.8) is 0 Å². The lowest BCUT2D eigenvalue weighted by Gasteiger charge is -2.13. The Morgan fingerprint density at radius 1 is 1.23 bits per heavy atom. The van der Waals surface area contributed by atoms with Crippen LogP contribution in [0.15, 0.2) is 78.5 Å². The van der Waals surface area contributed by atoms with E-state index in [0.717, 1.165) is 23.5 Å². The number of allylic oxidation sites excluding steroid dienone is 1. The highest BCUT2D eigenvalue weighted by Gasteiger charge is 2.30. The van der Waals surface area contributed by atoms with E-state index in [1.54, 1.807) is 25.6 Å². The number of aryl methyl sites for hydroxylation is 1. The molecule has 3 N–H and O–H groups in total. The number of halogens is 3. The van der Waals surface area contributed by atoms with Gasteiger partial charge in [-0.3, -0.25) is 4.79 Å². The summed E-state index contributed by atoms with van der Waals surface area (Å²) < 4.78 is 45.6. The van der Waals surface area contributed by atoms with Crippen LogP contribution in [0.25, 0.3) is 11.4 Å².